The van der Waals surface area contributed by atoms with Crippen LogP contribution in [0.15, 0.2) is 9.98 Å². The van der Waals surface area contributed by atoms with Crippen LogP contribution in [0.1, 0.15) is 0 Å². The van der Waals surface area contributed by atoms with Crippen LogP contribution in [-0.4, -0.2) is 23.6 Å². The third-order valence-corrected chi connectivity index (χ3v) is 0.840. The zero-order valence-electron chi connectivity index (χ0n) is 4.63. The number of alkyl halides is 1. The first kappa shape index (κ1) is 7.00. The van der Waals surface area contributed by atoms with Gasteiger partial charge < -0.3 is 0 Å². The van der Waals surface area contributed by atoms with Crippen LogP contribution in [0.4, 0.5) is 13.2 Å². The van der Waals surface area contributed by atoms with Crippen molar-refractivity contribution in [3.63, 3.8) is 0 Å². The van der Waals surface area contributed by atoms with Gasteiger partial charge in [-0.25, -0.2) is 10.9 Å². The lowest BCUT2D eigenvalue weighted by Gasteiger charge is -2.17. The summed E-state index contributed by atoms with van der Waals surface area (Å²) in [6.07, 6.45) is -5.11. The highest BCUT2D eigenvalue weighted by atomic mass is 19.2. The summed E-state index contributed by atoms with van der Waals surface area (Å²) in [5.74, 6) is 4.66. The zero-order valence-corrected chi connectivity index (χ0v) is 4.63. The van der Waals surface area contributed by atoms with Crippen molar-refractivity contribution in [2.75, 3.05) is 0 Å². The van der Waals surface area contributed by atoms with Gasteiger partial charge in [0.15, 0.2) is 0 Å². The number of nitrogens with zero attached hydrogens (tertiary/aromatic N) is 3. The summed E-state index contributed by atoms with van der Waals surface area (Å²) >= 11 is 0. The smallest absolute Gasteiger partial charge is 0.240 e. The normalized spacial score (nSPS) is 26.0. The number of halogens is 3. The van der Waals surface area contributed by atoms with Crippen molar-refractivity contribution in [2.24, 2.45) is 15.8 Å². The maximum Gasteiger partial charge on any atom is 0.312 e. The van der Waals surface area contributed by atoms with E-state index in [9.17, 15) is 13.2 Å². The number of aliphatic imine (C=N–C) groups is 2. The molecule has 0 spiro atoms. The van der Waals surface area contributed by atoms with E-state index < -0.39 is 18.6 Å². The highest BCUT2D eigenvalue weighted by Crippen LogP contribution is 2.07. The van der Waals surface area contributed by atoms with Gasteiger partial charge in [-0.2, -0.15) is 23.2 Å². The van der Waals surface area contributed by atoms with Crippen molar-refractivity contribution < 1.29 is 13.2 Å². The highest BCUT2D eigenvalue weighted by Gasteiger charge is 2.23. The summed E-state index contributed by atoms with van der Waals surface area (Å²) in [5.41, 5.74) is 0. The fourth-order valence-electron chi connectivity index (χ4n) is 0.401. The van der Waals surface area contributed by atoms with Crippen LogP contribution >= 0.6 is 0 Å². The molecule has 0 aromatic rings. The van der Waals surface area contributed by atoms with Crippen LogP contribution in [0.5, 0.6) is 0 Å². The van der Waals surface area contributed by atoms with Crippen molar-refractivity contribution in [1.29, 1.82) is 0 Å². The first-order valence-electron chi connectivity index (χ1n) is 2.27. The summed E-state index contributed by atoms with van der Waals surface area (Å²) in [4.78, 5) is 5.08. The standard InChI is InChI=1S/C3H3F3N4/c4-1-8-2(5)10(7)3(6)9-1/h2H,7H2. The maximum absolute atomic E-state index is 12.1. The summed E-state index contributed by atoms with van der Waals surface area (Å²) in [6, 6.07) is 0. The number of hydrogen-bond acceptors (Lipinski definition) is 4. The lowest BCUT2D eigenvalue weighted by Crippen LogP contribution is -2.43. The largest absolute Gasteiger partial charge is 0.312 e. The number of amidine groups is 2. The van der Waals surface area contributed by atoms with Crippen LogP contribution in [0.3, 0.4) is 0 Å². The molecule has 0 saturated heterocycles. The fourth-order valence-corrected chi connectivity index (χ4v) is 0.401. The van der Waals surface area contributed by atoms with Crippen molar-refractivity contribution >= 4 is 12.2 Å². The molecule has 1 heterocycles. The predicted octanol–water partition coefficient (Wildman–Crippen LogP) is 0.0798. The van der Waals surface area contributed by atoms with E-state index in [1.807, 2.05) is 0 Å². The molecule has 1 aliphatic rings. The van der Waals surface area contributed by atoms with Gasteiger partial charge in [-0.3, -0.25) is 0 Å². The van der Waals surface area contributed by atoms with Crippen molar-refractivity contribution in [3.05, 3.63) is 0 Å². The Kier molecular flexibility index (Phi) is 1.58. The molecule has 7 heteroatoms. The van der Waals surface area contributed by atoms with Gasteiger partial charge in [-0.15, -0.1) is 0 Å². The van der Waals surface area contributed by atoms with Gasteiger partial charge >= 0.3 is 12.2 Å². The number of hydrazine groups is 1. The Bertz CT molecular complexity index is 200. The molecular weight excluding hydrogens is 149 g/mol. The van der Waals surface area contributed by atoms with E-state index in [2.05, 4.69) is 15.8 Å². The van der Waals surface area contributed by atoms with Gasteiger partial charge in [0, 0.05) is 0 Å². The lowest BCUT2D eigenvalue weighted by molar-refractivity contribution is 0.146. The molecule has 4 nitrogen and oxygen atoms in total. The minimum Gasteiger partial charge on any atom is -0.240 e. The quantitative estimate of drug-likeness (QED) is 0.394. The predicted molar refractivity (Wildman–Crippen MR) is 28.0 cm³/mol. The Morgan fingerprint density at radius 1 is 1.50 bits per heavy atom. The van der Waals surface area contributed by atoms with Crippen LogP contribution < -0.4 is 5.84 Å². The molecule has 0 radical (unpaired) electrons. The van der Waals surface area contributed by atoms with Crippen LogP contribution in [0, 0.1) is 0 Å². The molecule has 56 valence electrons. The molecule has 0 saturated carbocycles. The molecule has 0 aliphatic carbocycles. The topological polar surface area (TPSA) is 54.0 Å². The first-order chi connectivity index (χ1) is 4.61. The lowest BCUT2D eigenvalue weighted by atomic mass is 10.8. The number of nitrogens with two attached hydrogens (primary N) is 1. The third-order valence-electron chi connectivity index (χ3n) is 0.840. The molecule has 1 aliphatic heterocycles. The molecule has 1 atom stereocenters. The third kappa shape index (κ3) is 1.08. The molecule has 1 rings (SSSR count). The Labute approximate surface area is 53.8 Å². The minimum absolute atomic E-state index is 0.0247. The summed E-state index contributed by atoms with van der Waals surface area (Å²) in [7, 11) is 0. The van der Waals surface area contributed by atoms with Gasteiger partial charge in [-0.1, -0.05) is 0 Å². The monoisotopic (exact) mass is 152 g/mol. The van der Waals surface area contributed by atoms with E-state index in [1.54, 1.807) is 0 Å². The van der Waals surface area contributed by atoms with Gasteiger partial charge in [0.2, 0.25) is 0 Å². The maximum atomic E-state index is 12.1. The van der Waals surface area contributed by atoms with Crippen molar-refractivity contribution in [1.82, 2.24) is 5.01 Å². The molecule has 0 aromatic carbocycles. The second-order valence-corrected chi connectivity index (χ2v) is 1.50. The van der Waals surface area contributed by atoms with E-state index in [0.717, 1.165) is 0 Å². The summed E-state index contributed by atoms with van der Waals surface area (Å²) < 4.78 is 36.1. The molecular formula is C3H3F3N4. The van der Waals surface area contributed by atoms with Crippen LogP contribution in [0.2, 0.25) is 0 Å². The van der Waals surface area contributed by atoms with Crippen LogP contribution in [0.25, 0.3) is 0 Å². The van der Waals surface area contributed by atoms with E-state index in [-0.39, 0.29) is 5.01 Å². The van der Waals surface area contributed by atoms with Crippen molar-refractivity contribution in [3.8, 4) is 0 Å². The van der Waals surface area contributed by atoms with Crippen LogP contribution in [-0.2, 0) is 0 Å². The average molecular weight is 152 g/mol. The number of hydrogen-bond donors (Lipinski definition) is 1. The second-order valence-electron chi connectivity index (χ2n) is 1.50. The minimum atomic E-state index is -2.22. The van der Waals surface area contributed by atoms with Gasteiger partial charge in [-0.05, 0) is 0 Å². The SMILES string of the molecule is NN1C(F)=NC(F)=NC1F. The highest BCUT2D eigenvalue weighted by molar-refractivity contribution is 5.89. The molecule has 0 aromatic heterocycles. The molecule has 0 bridgehead atoms. The Morgan fingerprint density at radius 2 is 2.10 bits per heavy atom. The van der Waals surface area contributed by atoms with E-state index >= 15 is 0 Å². The van der Waals surface area contributed by atoms with Gasteiger partial charge in [0.05, 0.1) is 0 Å². The molecule has 10 heavy (non-hydrogen) atoms. The van der Waals surface area contributed by atoms with Gasteiger partial charge in [0.1, 0.15) is 0 Å². The Balaban J connectivity index is 2.85. The Morgan fingerprint density at radius 3 is 2.60 bits per heavy atom. The average Bonchev–Trinajstić information content (AvgIpc) is 1.82. The van der Waals surface area contributed by atoms with Gasteiger partial charge in [0.25, 0.3) is 6.42 Å². The molecule has 0 amide bonds. The summed E-state index contributed by atoms with van der Waals surface area (Å²) in [5, 5.41) is -0.0247. The molecule has 1 unspecified atom stereocenters. The van der Waals surface area contributed by atoms with E-state index in [4.69, 9.17) is 0 Å². The number of rotatable bonds is 0. The molecule has 2 N–H and O–H groups in total. The Hall–Kier alpha value is -1.11. The second kappa shape index (κ2) is 2.25. The summed E-state index contributed by atoms with van der Waals surface area (Å²) in [6.45, 7) is 0. The fraction of sp³-hybridized carbons (Fsp3) is 0.333. The van der Waals surface area contributed by atoms with Crippen molar-refractivity contribution in [2.45, 2.75) is 6.42 Å². The zero-order chi connectivity index (χ0) is 7.72. The van der Waals surface area contributed by atoms with E-state index in [0.29, 0.717) is 0 Å². The first-order valence-corrected chi connectivity index (χ1v) is 2.27. The van der Waals surface area contributed by atoms with E-state index in [1.165, 1.54) is 0 Å². The molecule has 0 fully saturated rings.